The molecule has 1 fully saturated rings. The standard InChI is InChI=1S/C10H18N2O2/c13-9-5-1-3-7-11-10(14)6-2-4-8-12-9/h1-8H2,(H,11,14)(H,12,13). The molecule has 0 atom stereocenters. The van der Waals surface area contributed by atoms with Gasteiger partial charge >= 0.3 is 0 Å². The summed E-state index contributed by atoms with van der Waals surface area (Å²) in [7, 11) is 0. The maximum Gasteiger partial charge on any atom is 0.219 e. The number of nitrogens with one attached hydrogen (secondary N) is 2. The summed E-state index contributed by atoms with van der Waals surface area (Å²) in [6, 6.07) is 0. The van der Waals surface area contributed by atoms with Crippen molar-refractivity contribution in [3.63, 3.8) is 0 Å². The van der Waals surface area contributed by atoms with Gasteiger partial charge < -0.3 is 10.6 Å². The first kappa shape index (κ1) is 11.0. The molecule has 0 unspecified atom stereocenters. The molecule has 80 valence electrons. The topological polar surface area (TPSA) is 58.2 Å². The van der Waals surface area contributed by atoms with Crippen LogP contribution in [-0.2, 0) is 9.59 Å². The first-order valence-corrected chi connectivity index (χ1v) is 5.32. The molecular formula is C10H18N2O2. The maximum atomic E-state index is 11.2. The summed E-state index contributed by atoms with van der Waals surface area (Å²) < 4.78 is 0. The van der Waals surface area contributed by atoms with Crippen LogP contribution >= 0.6 is 0 Å². The van der Waals surface area contributed by atoms with E-state index in [1.54, 1.807) is 0 Å². The average molecular weight is 198 g/mol. The molecule has 0 aromatic rings. The summed E-state index contributed by atoms with van der Waals surface area (Å²) in [5.74, 6) is 0.272. The summed E-state index contributed by atoms with van der Waals surface area (Å²) in [4.78, 5) is 22.3. The van der Waals surface area contributed by atoms with E-state index in [4.69, 9.17) is 0 Å². The first-order chi connectivity index (χ1) is 6.79. The van der Waals surface area contributed by atoms with Crippen molar-refractivity contribution in [1.82, 2.24) is 10.6 Å². The Morgan fingerprint density at radius 2 is 1.14 bits per heavy atom. The maximum absolute atomic E-state index is 11.2. The van der Waals surface area contributed by atoms with Crippen LogP contribution in [-0.4, -0.2) is 24.9 Å². The van der Waals surface area contributed by atoms with E-state index in [1.165, 1.54) is 0 Å². The van der Waals surface area contributed by atoms with Crippen molar-refractivity contribution >= 4 is 11.8 Å². The van der Waals surface area contributed by atoms with Crippen molar-refractivity contribution in [3.05, 3.63) is 0 Å². The molecule has 4 heteroatoms. The zero-order valence-electron chi connectivity index (χ0n) is 8.47. The molecule has 1 rings (SSSR count). The molecule has 0 aromatic heterocycles. The Labute approximate surface area is 84.4 Å². The molecule has 0 saturated carbocycles. The number of amides is 2. The summed E-state index contributed by atoms with van der Waals surface area (Å²) >= 11 is 0. The van der Waals surface area contributed by atoms with Gasteiger partial charge in [-0.25, -0.2) is 0 Å². The zero-order chi connectivity index (χ0) is 10.2. The van der Waals surface area contributed by atoms with Crippen LogP contribution in [0, 0.1) is 0 Å². The Balaban J connectivity index is 2.26. The Kier molecular flexibility index (Phi) is 5.04. The van der Waals surface area contributed by atoms with E-state index in [0.717, 1.165) is 25.7 Å². The van der Waals surface area contributed by atoms with Crippen molar-refractivity contribution in [2.24, 2.45) is 0 Å². The second-order valence-corrected chi connectivity index (χ2v) is 3.61. The van der Waals surface area contributed by atoms with E-state index in [0.29, 0.717) is 25.9 Å². The van der Waals surface area contributed by atoms with Crippen LogP contribution < -0.4 is 10.6 Å². The van der Waals surface area contributed by atoms with E-state index >= 15 is 0 Å². The predicted molar refractivity (Wildman–Crippen MR) is 53.7 cm³/mol. The van der Waals surface area contributed by atoms with Crippen molar-refractivity contribution in [2.45, 2.75) is 38.5 Å². The third-order valence-corrected chi connectivity index (χ3v) is 2.31. The molecule has 0 aromatic carbocycles. The monoisotopic (exact) mass is 198 g/mol. The predicted octanol–water partition coefficient (Wildman–Crippen LogP) is 0.573. The normalized spacial score (nSPS) is 21.4. The second-order valence-electron chi connectivity index (χ2n) is 3.61. The lowest BCUT2D eigenvalue weighted by molar-refractivity contribution is -0.121. The highest BCUT2D eigenvalue weighted by Crippen LogP contribution is 1.99. The van der Waals surface area contributed by atoms with Gasteiger partial charge in [0.1, 0.15) is 0 Å². The minimum atomic E-state index is 0.136. The lowest BCUT2D eigenvalue weighted by Crippen LogP contribution is -2.28. The van der Waals surface area contributed by atoms with E-state index in [9.17, 15) is 9.59 Å². The number of carbonyl (C=O) groups is 2. The van der Waals surface area contributed by atoms with Crippen LogP contribution in [0.4, 0.5) is 0 Å². The van der Waals surface area contributed by atoms with Gasteiger partial charge in [0.15, 0.2) is 0 Å². The minimum absolute atomic E-state index is 0.136. The average Bonchev–Trinajstić information content (AvgIpc) is 2.14. The molecular weight excluding hydrogens is 180 g/mol. The second kappa shape index (κ2) is 6.40. The molecule has 0 spiro atoms. The van der Waals surface area contributed by atoms with Crippen molar-refractivity contribution < 1.29 is 9.59 Å². The largest absolute Gasteiger partial charge is 0.356 e. The quantitative estimate of drug-likeness (QED) is 0.598. The molecule has 14 heavy (non-hydrogen) atoms. The highest BCUT2D eigenvalue weighted by atomic mass is 16.2. The first-order valence-electron chi connectivity index (χ1n) is 5.32. The fraction of sp³-hybridized carbons (Fsp3) is 0.800. The van der Waals surface area contributed by atoms with E-state index in [-0.39, 0.29) is 11.8 Å². The van der Waals surface area contributed by atoms with Gasteiger partial charge in [-0.2, -0.15) is 0 Å². The van der Waals surface area contributed by atoms with Crippen LogP contribution in [0.5, 0.6) is 0 Å². The molecule has 0 radical (unpaired) electrons. The van der Waals surface area contributed by atoms with Crippen molar-refractivity contribution in [1.29, 1.82) is 0 Å². The van der Waals surface area contributed by atoms with Gasteiger partial charge in [0.25, 0.3) is 0 Å². The van der Waals surface area contributed by atoms with E-state index < -0.39 is 0 Å². The van der Waals surface area contributed by atoms with Gasteiger partial charge in [-0.1, -0.05) is 0 Å². The summed E-state index contributed by atoms with van der Waals surface area (Å²) in [5, 5.41) is 5.69. The number of hydrogen-bond donors (Lipinski definition) is 2. The molecule has 4 nitrogen and oxygen atoms in total. The third kappa shape index (κ3) is 4.84. The van der Waals surface area contributed by atoms with Gasteiger partial charge in [0.2, 0.25) is 11.8 Å². The van der Waals surface area contributed by atoms with Crippen LogP contribution in [0.2, 0.25) is 0 Å². The molecule has 0 bridgehead atoms. The van der Waals surface area contributed by atoms with Crippen molar-refractivity contribution in [2.75, 3.05) is 13.1 Å². The Morgan fingerprint density at radius 3 is 1.57 bits per heavy atom. The van der Waals surface area contributed by atoms with Crippen LogP contribution in [0.25, 0.3) is 0 Å². The van der Waals surface area contributed by atoms with Crippen LogP contribution in [0.3, 0.4) is 0 Å². The number of hydrogen-bond acceptors (Lipinski definition) is 2. The lowest BCUT2D eigenvalue weighted by Gasteiger charge is -2.08. The van der Waals surface area contributed by atoms with Crippen molar-refractivity contribution in [3.8, 4) is 0 Å². The van der Waals surface area contributed by atoms with Gasteiger partial charge in [-0.3, -0.25) is 9.59 Å². The van der Waals surface area contributed by atoms with Gasteiger partial charge in [0, 0.05) is 25.9 Å². The fourth-order valence-corrected chi connectivity index (χ4v) is 1.45. The summed E-state index contributed by atoms with van der Waals surface area (Å²) in [5.41, 5.74) is 0. The molecule has 2 N–H and O–H groups in total. The van der Waals surface area contributed by atoms with E-state index in [1.807, 2.05) is 0 Å². The van der Waals surface area contributed by atoms with Crippen LogP contribution in [0.1, 0.15) is 38.5 Å². The highest BCUT2D eigenvalue weighted by molar-refractivity contribution is 5.76. The molecule has 1 heterocycles. The SMILES string of the molecule is O=C1CCCCNC(=O)CCCCN1. The molecule has 0 aliphatic carbocycles. The zero-order valence-corrected chi connectivity index (χ0v) is 8.47. The van der Waals surface area contributed by atoms with Gasteiger partial charge in [0.05, 0.1) is 0 Å². The van der Waals surface area contributed by atoms with Gasteiger partial charge in [-0.15, -0.1) is 0 Å². The smallest absolute Gasteiger partial charge is 0.219 e. The van der Waals surface area contributed by atoms with E-state index in [2.05, 4.69) is 10.6 Å². The Hall–Kier alpha value is -1.06. The Bertz CT molecular complexity index is 166. The molecule has 1 saturated heterocycles. The highest BCUT2D eigenvalue weighted by Gasteiger charge is 2.04. The fourth-order valence-electron chi connectivity index (χ4n) is 1.45. The third-order valence-electron chi connectivity index (χ3n) is 2.31. The molecule has 1 aliphatic rings. The lowest BCUT2D eigenvalue weighted by atomic mass is 10.2. The summed E-state index contributed by atoms with van der Waals surface area (Å²) in [6.45, 7) is 1.40. The number of rotatable bonds is 0. The van der Waals surface area contributed by atoms with Gasteiger partial charge in [-0.05, 0) is 25.7 Å². The molecule has 2 amide bonds. The number of carbonyl (C=O) groups excluding carboxylic acids is 2. The molecule has 1 aliphatic heterocycles. The minimum Gasteiger partial charge on any atom is -0.356 e. The summed E-state index contributed by atoms with van der Waals surface area (Å²) in [6.07, 6.45) is 4.64. The van der Waals surface area contributed by atoms with Crippen LogP contribution in [0.15, 0.2) is 0 Å². The Morgan fingerprint density at radius 1 is 0.714 bits per heavy atom.